The number of hydrogen-bond acceptors (Lipinski definition) is 4. The van der Waals surface area contributed by atoms with Crippen molar-refractivity contribution in [2.45, 2.75) is 63.8 Å². The lowest BCUT2D eigenvalue weighted by molar-refractivity contribution is -0.153. The second kappa shape index (κ2) is 9.33. The van der Waals surface area contributed by atoms with Crippen molar-refractivity contribution < 1.29 is 9.59 Å². The number of amides is 1. The van der Waals surface area contributed by atoms with E-state index in [2.05, 4.69) is 24.1 Å². The fraction of sp³-hybridized carbons (Fsp3) is 0.552. The number of hydrogen-bond donors (Lipinski definition) is 2. The number of halogens is 1. The van der Waals surface area contributed by atoms with Gasteiger partial charge in [-0.3, -0.25) is 14.6 Å². The number of nitrogens with zero attached hydrogens (tertiary/aromatic N) is 1. The number of pyridine rings is 1. The molecule has 0 aliphatic heterocycles. The van der Waals surface area contributed by atoms with E-state index in [0.717, 1.165) is 43.2 Å². The third kappa shape index (κ3) is 4.77. The SMILES string of the molecule is CC(C)(CNC(=O)[C@@H](N)C1C2CC3CC1CC(C(=O)Cc1ccncc1)(C3)C2)c1ccc(Cl)cc1. The van der Waals surface area contributed by atoms with E-state index in [1.807, 2.05) is 36.4 Å². The van der Waals surface area contributed by atoms with Gasteiger partial charge in [-0.25, -0.2) is 0 Å². The molecule has 2 aromatic rings. The van der Waals surface area contributed by atoms with E-state index < -0.39 is 6.04 Å². The van der Waals surface area contributed by atoms with E-state index in [1.165, 1.54) is 0 Å². The molecular formula is C29H36ClN3O2. The van der Waals surface area contributed by atoms with Crippen LogP contribution >= 0.6 is 11.6 Å². The first-order valence-electron chi connectivity index (χ1n) is 12.9. The molecule has 3 N–H and O–H groups in total. The fourth-order valence-corrected chi connectivity index (χ4v) is 7.59. The molecule has 4 saturated carbocycles. The topological polar surface area (TPSA) is 85.1 Å². The molecule has 6 heteroatoms. The van der Waals surface area contributed by atoms with E-state index in [-0.39, 0.29) is 22.7 Å². The lowest BCUT2D eigenvalue weighted by Crippen LogP contribution is -2.61. The molecule has 1 aromatic carbocycles. The summed E-state index contributed by atoms with van der Waals surface area (Å²) >= 11 is 6.04. The van der Waals surface area contributed by atoms with Crippen LogP contribution in [-0.2, 0) is 21.4 Å². The summed E-state index contributed by atoms with van der Waals surface area (Å²) < 4.78 is 0. The number of ketones is 1. The van der Waals surface area contributed by atoms with E-state index in [4.69, 9.17) is 17.3 Å². The molecule has 35 heavy (non-hydrogen) atoms. The maximum Gasteiger partial charge on any atom is 0.237 e. The van der Waals surface area contributed by atoms with Crippen LogP contribution in [0.1, 0.15) is 57.1 Å². The largest absolute Gasteiger partial charge is 0.354 e. The first kappa shape index (κ1) is 24.5. The van der Waals surface area contributed by atoms with Crippen molar-refractivity contribution >= 4 is 23.3 Å². The van der Waals surface area contributed by atoms with Crippen molar-refractivity contribution in [3.8, 4) is 0 Å². The van der Waals surface area contributed by atoms with Gasteiger partial charge in [0.15, 0.2) is 0 Å². The summed E-state index contributed by atoms with van der Waals surface area (Å²) in [6, 6.07) is 11.1. The van der Waals surface area contributed by atoms with Gasteiger partial charge in [0.25, 0.3) is 0 Å². The third-order valence-corrected chi connectivity index (χ3v) is 9.35. The Labute approximate surface area is 213 Å². The first-order chi connectivity index (χ1) is 16.7. The van der Waals surface area contributed by atoms with Gasteiger partial charge in [0.1, 0.15) is 5.78 Å². The Balaban J connectivity index is 1.24. The van der Waals surface area contributed by atoms with Crippen LogP contribution in [0.15, 0.2) is 48.8 Å². The van der Waals surface area contributed by atoms with Crippen LogP contribution in [0.5, 0.6) is 0 Å². The van der Waals surface area contributed by atoms with Gasteiger partial charge in [-0.15, -0.1) is 0 Å². The maximum atomic E-state index is 13.5. The summed E-state index contributed by atoms with van der Waals surface area (Å²) in [5, 5.41) is 3.84. The van der Waals surface area contributed by atoms with E-state index in [1.54, 1.807) is 12.4 Å². The molecule has 4 fully saturated rings. The van der Waals surface area contributed by atoms with Gasteiger partial charge in [0.2, 0.25) is 5.91 Å². The molecule has 1 amide bonds. The highest BCUT2D eigenvalue weighted by molar-refractivity contribution is 6.30. The van der Waals surface area contributed by atoms with Crippen molar-refractivity contribution in [1.29, 1.82) is 0 Å². The minimum atomic E-state index is -0.529. The summed E-state index contributed by atoms with van der Waals surface area (Å²) in [5.74, 6) is 1.75. The molecule has 6 rings (SSSR count). The summed E-state index contributed by atoms with van der Waals surface area (Å²) in [6.07, 6.45) is 8.95. The smallest absolute Gasteiger partial charge is 0.237 e. The summed E-state index contributed by atoms with van der Waals surface area (Å²) in [4.78, 5) is 30.8. The minimum Gasteiger partial charge on any atom is -0.354 e. The number of nitrogens with one attached hydrogen (secondary N) is 1. The van der Waals surface area contributed by atoms with Crippen LogP contribution in [0.2, 0.25) is 5.02 Å². The highest BCUT2D eigenvalue weighted by Crippen LogP contribution is 2.63. The Morgan fingerprint density at radius 3 is 2.34 bits per heavy atom. The molecular weight excluding hydrogens is 458 g/mol. The van der Waals surface area contributed by atoms with Gasteiger partial charge < -0.3 is 11.1 Å². The number of benzene rings is 1. The highest BCUT2D eigenvalue weighted by atomic mass is 35.5. The van der Waals surface area contributed by atoms with Crippen LogP contribution < -0.4 is 11.1 Å². The Kier molecular flexibility index (Phi) is 6.52. The van der Waals surface area contributed by atoms with Crippen molar-refractivity contribution in [3.63, 3.8) is 0 Å². The standard InChI is InChI=1S/C29H36ClN3O2/c1-28(2,22-3-5-23(30)6-4-22)17-33-27(35)26(31)25-20-11-19-12-21(25)16-29(14-19,15-20)24(34)13-18-7-9-32-10-8-18/h3-10,19-21,25-26H,11-17,31H2,1-2H3,(H,33,35)/t19?,20?,21?,25?,26-,29?/m0/s1. The van der Waals surface area contributed by atoms with Gasteiger partial charge in [0, 0.05) is 41.2 Å². The lowest BCUT2D eigenvalue weighted by Gasteiger charge is -2.60. The second-order valence-corrected chi connectivity index (χ2v) is 12.4. The summed E-state index contributed by atoms with van der Waals surface area (Å²) in [6.45, 7) is 4.74. The molecule has 0 saturated heterocycles. The molecule has 5 nitrogen and oxygen atoms in total. The predicted octanol–water partition coefficient (Wildman–Crippen LogP) is 4.71. The van der Waals surface area contributed by atoms with E-state index in [0.29, 0.717) is 41.5 Å². The van der Waals surface area contributed by atoms with Crippen LogP contribution in [0.4, 0.5) is 0 Å². The van der Waals surface area contributed by atoms with E-state index >= 15 is 0 Å². The van der Waals surface area contributed by atoms with Gasteiger partial charge in [-0.2, -0.15) is 0 Å². The van der Waals surface area contributed by atoms with Crippen LogP contribution in [0, 0.1) is 29.1 Å². The zero-order chi connectivity index (χ0) is 24.8. The molecule has 4 bridgehead atoms. The van der Waals surface area contributed by atoms with Crippen LogP contribution in [0.3, 0.4) is 0 Å². The average Bonchev–Trinajstić information content (AvgIpc) is 2.82. The molecule has 0 spiro atoms. The predicted molar refractivity (Wildman–Crippen MR) is 138 cm³/mol. The van der Waals surface area contributed by atoms with Gasteiger partial charge in [0.05, 0.1) is 6.04 Å². The Bertz CT molecular complexity index is 1070. The van der Waals surface area contributed by atoms with Crippen LogP contribution in [0.25, 0.3) is 0 Å². The molecule has 0 radical (unpaired) electrons. The maximum absolute atomic E-state index is 13.5. The molecule has 186 valence electrons. The summed E-state index contributed by atoms with van der Waals surface area (Å²) in [7, 11) is 0. The van der Waals surface area contributed by atoms with Crippen molar-refractivity contribution in [1.82, 2.24) is 10.3 Å². The van der Waals surface area contributed by atoms with Gasteiger partial charge in [-0.05, 0) is 91.2 Å². The summed E-state index contributed by atoms with van der Waals surface area (Å²) in [5.41, 5.74) is 8.35. The monoisotopic (exact) mass is 493 g/mol. The minimum absolute atomic E-state index is 0.0679. The number of aromatic nitrogens is 1. The molecule has 4 aliphatic rings. The van der Waals surface area contributed by atoms with Gasteiger partial charge >= 0.3 is 0 Å². The second-order valence-electron chi connectivity index (χ2n) is 11.9. The van der Waals surface area contributed by atoms with Crippen molar-refractivity contribution in [3.05, 3.63) is 64.9 Å². The zero-order valence-electron chi connectivity index (χ0n) is 20.7. The van der Waals surface area contributed by atoms with Crippen LogP contribution in [-0.4, -0.2) is 29.3 Å². The average molecular weight is 494 g/mol. The van der Waals surface area contributed by atoms with Crippen molar-refractivity contribution in [2.75, 3.05) is 6.54 Å². The highest BCUT2D eigenvalue weighted by Gasteiger charge is 2.59. The number of Topliss-reactive ketones (excluding diaryl/α,β-unsaturated/α-hetero) is 1. The Morgan fingerprint density at radius 2 is 1.71 bits per heavy atom. The number of nitrogens with two attached hydrogens (primary N) is 1. The third-order valence-electron chi connectivity index (χ3n) is 9.10. The molecule has 3 atom stereocenters. The van der Waals surface area contributed by atoms with E-state index in [9.17, 15) is 9.59 Å². The molecule has 4 aliphatic carbocycles. The number of rotatable bonds is 8. The normalized spacial score (nSPS) is 30.2. The van der Waals surface area contributed by atoms with Crippen molar-refractivity contribution in [2.24, 2.45) is 34.8 Å². The zero-order valence-corrected chi connectivity index (χ0v) is 21.4. The quantitative estimate of drug-likeness (QED) is 0.557. The number of carbonyl (C=O) groups is 2. The van der Waals surface area contributed by atoms with Gasteiger partial charge in [-0.1, -0.05) is 37.6 Å². The molecule has 1 heterocycles. The Hall–Kier alpha value is -2.24. The molecule has 2 unspecified atom stereocenters. The first-order valence-corrected chi connectivity index (χ1v) is 13.3. The lowest BCUT2D eigenvalue weighted by atomic mass is 9.44. The number of carbonyl (C=O) groups excluding carboxylic acids is 2. The fourth-order valence-electron chi connectivity index (χ4n) is 7.47. The molecule has 1 aromatic heterocycles. The Morgan fingerprint density at radius 1 is 1.09 bits per heavy atom.